The van der Waals surface area contributed by atoms with Crippen molar-refractivity contribution in [3.8, 4) is 0 Å². The number of aromatic nitrogens is 1. The normalized spacial score (nSPS) is 10.4. The molecule has 5 heteroatoms. The highest BCUT2D eigenvalue weighted by Gasteiger charge is 2.06. The molecule has 0 aliphatic carbocycles. The Balaban J connectivity index is 2.45. The molecule has 3 N–H and O–H groups in total. The number of nitrogens with two attached hydrogens (primary N) is 1. The molecule has 0 spiro atoms. The van der Waals surface area contributed by atoms with Crippen LogP contribution in [0.1, 0.15) is 18.4 Å². The molecular formula is C11H18BrN3S. The van der Waals surface area contributed by atoms with Gasteiger partial charge in [-0.3, -0.25) is 0 Å². The number of nitrogens with one attached hydrogen (secondary N) is 1. The first kappa shape index (κ1) is 13.6. The first-order chi connectivity index (χ1) is 7.66. The van der Waals surface area contributed by atoms with Crippen LogP contribution in [0, 0.1) is 6.92 Å². The van der Waals surface area contributed by atoms with Crippen LogP contribution in [-0.2, 0) is 0 Å². The van der Waals surface area contributed by atoms with Crippen molar-refractivity contribution in [3.63, 3.8) is 0 Å². The van der Waals surface area contributed by atoms with E-state index in [1.165, 1.54) is 18.6 Å². The molecule has 0 saturated heterocycles. The summed E-state index contributed by atoms with van der Waals surface area (Å²) in [4.78, 5) is 4.27. The van der Waals surface area contributed by atoms with Gasteiger partial charge in [0.2, 0.25) is 0 Å². The van der Waals surface area contributed by atoms with Gasteiger partial charge in [-0.15, -0.1) is 0 Å². The van der Waals surface area contributed by atoms with Crippen molar-refractivity contribution in [3.05, 3.63) is 16.2 Å². The van der Waals surface area contributed by atoms with E-state index in [4.69, 9.17) is 5.73 Å². The molecule has 0 radical (unpaired) electrons. The Morgan fingerprint density at radius 3 is 2.94 bits per heavy atom. The van der Waals surface area contributed by atoms with Gasteiger partial charge in [-0.05, 0) is 53.3 Å². The molecule has 0 unspecified atom stereocenters. The fourth-order valence-corrected chi connectivity index (χ4v) is 2.26. The van der Waals surface area contributed by atoms with Crippen LogP contribution in [0.2, 0.25) is 0 Å². The van der Waals surface area contributed by atoms with E-state index in [9.17, 15) is 0 Å². The number of thioether (sulfide) groups is 1. The van der Waals surface area contributed by atoms with E-state index in [2.05, 4.69) is 32.5 Å². The highest BCUT2D eigenvalue weighted by molar-refractivity contribution is 9.10. The predicted molar refractivity (Wildman–Crippen MR) is 77.2 cm³/mol. The number of rotatable bonds is 6. The summed E-state index contributed by atoms with van der Waals surface area (Å²) in [5.41, 5.74) is 7.53. The number of hydrogen-bond acceptors (Lipinski definition) is 4. The molecule has 1 rings (SSSR count). The van der Waals surface area contributed by atoms with Crippen molar-refractivity contribution in [1.82, 2.24) is 4.98 Å². The van der Waals surface area contributed by atoms with Crippen LogP contribution in [0.25, 0.3) is 0 Å². The average Bonchev–Trinajstić information content (AvgIpc) is 2.28. The Morgan fingerprint density at radius 1 is 1.50 bits per heavy atom. The molecule has 1 aromatic heterocycles. The second-order valence-corrected chi connectivity index (χ2v) is 5.41. The zero-order chi connectivity index (χ0) is 12.0. The van der Waals surface area contributed by atoms with Crippen molar-refractivity contribution in [2.45, 2.75) is 19.8 Å². The van der Waals surface area contributed by atoms with E-state index in [0.29, 0.717) is 0 Å². The highest BCUT2D eigenvalue weighted by atomic mass is 79.9. The van der Waals surface area contributed by atoms with Crippen LogP contribution in [0.5, 0.6) is 0 Å². The van der Waals surface area contributed by atoms with Crippen molar-refractivity contribution in [2.75, 3.05) is 29.6 Å². The van der Waals surface area contributed by atoms with Gasteiger partial charge >= 0.3 is 0 Å². The maximum atomic E-state index is 5.76. The third-order valence-corrected chi connectivity index (χ3v) is 4.04. The second kappa shape index (κ2) is 7.01. The van der Waals surface area contributed by atoms with Gasteiger partial charge in [-0.25, -0.2) is 4.98 Å². The first-order valence-electron chi connectivity index (χ1n) is 5.30. The fraction of sp³-hybridized carbons (Fsp3) is 0.545. The summed E-state index contributed by atoms with van der Waals surface area (Å²) >= 11 is 5.39. The van der Waals surface area contributed by atoms with Gasteiger partial charge in [-0.1, -0.05) is 0 Å². The molecule has 0 bridgehead atoms. The number of nitrogen functional groups attached to an aromatic ring is 1. The minimum Gasteiger partial charge on any atom is -0.397 e. The summed E-state index contributed by atoms with van der Waals surface area (Å²) in [6.07, 6.45) is 6.23. The van der Waals surface area contributed by atoms with Crippen LogP contribution < -0.4 is 11.1 Å². The number of pyridine rings is 1. The Kier molecular flexibility index (Phi) is 5.98. The lowest BCUT2D eigenvalue weighted by Crippen LogP contribution is -2.06. The Bertz CT molecular complexity index is 344. The summed E-state index contributed by atoms with van der Waals surface area (Å²) in [7, 11) is 0. The topological polar surface area (TPSA) is 50.9 Å². The number of nitrogens with zero attached hydrogens (tertiary/aromatic N) is 1. The molecule has 1 heterocycles. The zero-order valence-corrected chi connectivity index (χ0v) is 12.1. The van der Waals surface area contributed by atoms with E-state index in [-0.39, 0.29) is 0 Å². The lowest BCUT2D eigenvalue weighted by Gasteiger charge is -2.10. The molecule has 0 atom stereocenters. The third-order valence-electron chi connectivity index (χ3n) is 2.37. The van der Waals surface area contributed by atoms with E-state index < -0.39 is 0 Å². The molecule has 0 aromatic carbocycles. The van der Waals surface area contributed by atoms with Crippen LogP contribution in [-0.4, -0.2) is 23.5 Å². The highest BCUT2D eigenvalue weighted by Crippen LogP contribution is 2.27. The predicted octanol–water partition coefficient (Wildman–Crippen LogP) is 3.29. The molecule has 3 nitrogen and oxygen atoms in total. The van der Waals surface area contributed by atoms with Gasteiger partial charge in [0.05, 0.1) is 16.4 Å². The third kappa shape index (κ3) is 3.87. The van der Waals surface area contributed by atoms with Gasteiger partial charge in [0.15, 0.2) is 0 Å². The van der Waals surface area contributed by atoms with Crippen molar-refractivity contribution in [1.29, 1.82) is 0 Å². The number of hydrogen-bond donors (Lipinski definition) is 2. The second-order valence-electron chi connectivity index (χ2n) is 3.63. The molecular weight excluding hydrogens is 286 g/mol. The molecule has 0 amide bonds. The number of halogens is 1. The van der Waals surface area contributed by atoms with Crippen LogP contribution in [0.4, 0.5) is 11.5 Å². The van der Waals surface area contributed by atoms with Gasteiger partial charge < -0.3 is 11.1 Å². The standard InChI is InChI=1S/C11H18BrN3S/c1-8-9(13)7-15-11(10(8)12)14-5-3-4-6-16-2/h7H,3-6,13H2,1-2H3,(H,14,15). The molecule has 1 aromatic rings. The maximum Gasteiger partial charge on any atom is 0.140 e. The molecule has 0 saturated carbocycles. The summed E-state index contributed by atoms with van der Waals surface area (Å²) in [6.45, 7) is 2.94. The smallest absolute Gasteiger partial charge is 0.140 e. The minimum absolute atomic E-state index is 0.722. The summed E-state index contributed by atoms with van der Waals surface area (Å²) < 4.78 is 0.970. The van der Waals surface area contributed by atoms with Crippen LogP contribution in [0.15, 0.2) is 10.7 Å². The molecule has 90 valence electrons. The van der Waals surface area contributed by atoms with E-state index in [0.717, 1.165) is 28.1 Å². The summed E-state index contributed by atoms with van der Waals surface area (Å²) in [5, 5.41) is 3.32. The van der Waals surface area contributed by atoms with Gasteiger partial charge in [0, 0.05) is 6.54 Å². The van der Waals surface area contributed by atoms with E-state index in [1.807, 2.05) is 18.7 Å². The first-order valence-corrected chi connectivity index (χ1v) is 7.49. The SMILES string of the molecule is CSCCCCNc1ncc(N)c(C)c1Br. The van der Waals surface area contributed by atoms with Crippen molar-refractivity contribution >= 4 is 39.2 Å². The van der Waals surface area contributed by atoms with Crippen molar-refractivity contribution in [2.24, 2.45) is 0 Å². The monoisotopic (exact) mass is 303 g/mol. The fourth-order valence-electron chi connectivity index (χ4n) is 1.29. The summed E-state index contributed by atoms with van der Waals surface area (Å²) in [5.74, 6) is 2.10. The molecule has 0 aliphatic heterocycles. The Morgan fingerprint density at radius 2 is 2.25 bits per heavy atom. The van der Waals surface area contributed by atoms with Gasteiger partial charge in [0.25, 0.3) is 0 Å². The average molecular weight is 304 g/mol. The van der Waals surface area contributed by atoms with Crippen molar-refractivity contribution < 1.29 is 0 Å². The Hall–Kier alpha value is -0.420. The lowest BCUT2D eigenvalue weighted by atomic mass is 10.2. The van der Waals surface area contributed by atoms with Gasteiger partial charge in [-0.2, -0.15) is 11.8 Å². The quantitative estimate of drug-likeness (QED) is 0.792. The number of unbranched alkanes of at least 4 members (excludes halogenated alkanes) is 1. The van der Waals surface area contributed by atoms with Gasteiger partial charge in [0.1, 0.15) is 5.82 Å². The maximum absolute atomic E-state index is 5.76. The van der Waals surface area contributed by atoms with E-state index in [1.54, 1.807) is 6.20 Å². The summed E-state index contributed by atoms with van der Waals surface area (Å²) in [6, 6.07) is 0. The molecule has 16 heavy (non-hydrogen) atoms. The zero-order valence-electron chi connectivity index (χ0n) is 9.72. The Labute approximate surface area is 110 Å². The van der Waals surface area contributed by atoms with Crippen LogP contribution in [0.3, 0.4) is 0 Å². The lowest BCUT2D eigenvalue weighted by molar-refractivity contribution is 0.839. The minimum atomic E-state index is 0.722. The van der Waals surface area contributed by atoms with E-state index >= 15 is 0 Å². The molecule has 0 aliphatic rings. The largest absolute Gasteiger partial charge is 0.397 e. The van der Waals surface area contributed by atoms with Crippen LogP contribution >= 0.6 is 27.7 Å². The number of anilines is 2. The molecule has 0 fully saturated rings.